The lowest BCUT2D eigenvalue weighted by Gasteiger charge is -2.47. The van der Waals surface area contributed by atoms with Crippen LogP contribution in [0.4, 0.5) is 13.2 Å². The first-order valence-corrected chi connectivity index (χ1v) is 7.97. The van der Waals surface area contributed by atoms with Crippen molar-refractivity contribution in [1.82, 2.24) is 24.8 Å². The second-order valence-electron chi connectivity index (χ2n) is 7.01. The zero-order valence-electron chi connectivity index (χ0n) is 14.3. The van der Waals surface area contributed by atoms with Gasteiger partial charge in [0.2, 0.25) is 0 Å². The Labute approximate surface area is 143 Å². The summed E-state index contributed by atoms with van der Waals surface area (Å²) in [5, 5.41) is 7.91. The highest BCUT2D eigenvalue weighted by atomic mass is 19.4. The summed E-state index contributed by atoms with van der Waals surface area (Å²) in [6.45, 7) is 3.24. The van der Waals surface area contributed by atoms with E-state index in [0.29, 0.717) is 11.1 Å². The van der Waals surface area contributed by atoms with Crippen molar-refractivity contribution in [3.8, 4) is 0 Å². The Kier molecular flexibility index (Phi) is 4.22. The Morgan fingerprint density at radius 3 is 2.64 bits per heavy atom. The van der Waals surface area contributed by atoms with Crippen LogP contribution in [0.2, 0.25) is 0 Å². The van der Waals surface area contributed by atoms with Gasteiger partial charge >= 0.3 is 6.18 Å². The van der Waals surface area contributed by atoms with Gasteiger partial charge in [0.25, 0.3) is 5.91 Å². The minimum atomic E-state index is -4.24. The number of alkyl halides is 3. The third kappa shape index (κ3) is 3.60. The molecule has 0 spiro atoms. The highest BCUT2D eigenvalue weighted by molar-refractivity contribution is 5.97. The van der Waals surface area contributed by atoms with Crippen molar-refractivity contribution in [2.75, 3.05) is 26.2 Å². The summed E-state index contributed by atoms with van der Waals surface area (Å²) in [6, 6.07) is 5.14. The molecule has 1 aliphatic rings. The number of carbonyl (C=O) groups excluding carboxylic acids is 1. The molecular weight excluding hydrogens is 335 g/mol. The molecule has 1 fully saturated rings. The van der Waals surface area contributed by atoms with Crippen LogP contribution in [0, 0.1) is 0 Å². The number of fused-ring (bicyclic) bond motifs is 1. The molecular formula is C16H20F3N5O. The van der Waals surface area contributed by atoms with E-state index in [1.165, 1.54) is 4.90 Å². The number of carbonyl (C=O) groups is 1. The van der Waals surface area contributed by atoms with Crippen molar-refractivity contribution in [3.05, 3.63) is 23.8 Å². The van der Waals surface area contributed by atoms with Gasteiger partial charge < -0.3 is 4.90 Å². The van der Waals surface area contributed by atoms with Gasteiger partial charge in [0.1, 0.15) is 5.52 Å². The van der Waals surface area contributed by atoms with Gasteiger partial charge in [-0.2, -0.15) is 13.2 Å². The van der Waals surface area contributed by atoms with E-state index in [-0.39, 0.29) is 25.5 Å². The van der Waals surface area contributed by atoms with Gasteiger partial charge in [0, 0.05) is 32.2 Å². The zero-order valence-corrected chi connectivity index (χ0v) is 14.3. The van der Waals surface area contributed by atoms with E-state index in [4.69, 9.17) is 0 Å². The number of amides is 1. The van der Waals surface area contributed by atoms with Crippen LogP contribution in [0.15, 0.2) is 18.2 Å². The summed E-state index contributed by atoms with van der Waals surface area (Å²) < 4.78 is 39.5. The predicted molar refractivity (Wildman–Crippen MR) is 86.1 cm³/mol. The molecule has 1 saturated heterocycles. The highest BCUT2D eigenvalue weighted by Crippen LogP contribution is 2.26. The van der Waals surface area contributed by atoms with Crippen molar-refractivity contribution in [1.29, 1.82) is 0 Å². The number of piperazine rings is 1. The lowest BCUT2D eigenvalue weighted by molar-refractivity contribution is -0.153. The monoisotopic (exact) mass is 355 g/mol. The Morgan fingerprint density at radius 1 is 1.28 bits per heavy atom. The van der Waals surface area contributed by atoms with Gasteiger partial charge in [-0.1, -0.05) is 5.21 Å². The van der Waals surface area contributed by atoms with Crippen molar-refractivity contribution in [2.24, 2.45) is 7.05 Å². The van der Waals surface area contributed by atoms with Crippen LogP contribution >= 0.6 is 0 Å². The fourth-order valence-electron chi connectivity index (χ4n) is 3.35. The maximum absolute atomic E-state index is 12.9. The molecule has 1 aliphatic heterocycles. The molecule has 1 aromatic heterocycles. The smallest absolute Gasteiger partial charge is 0.331 e. The summed E-state index contributed by atoms with van der Waals surface area (Å²) in [4.78, 5) is 15.9. The second kappa shape index (κ2) is 5.98. The van der Waals surface area contributed by atoms with E-state index < -0.39 is 18.3 Å². The van der Waals surface area contributed by atoms with Gasteiger partial charge in [0.15, 0.2) is 0 Å². The first-order valence-electron chi connectivity index (χ1n) is 7.97. The van der Waals surface area contributed by atoms with Crippen LogP contribution in [0.5, 0.6) is 0 Å². The number of halogens is 3. The van der Waals surface area contributed by atoms with E-state index in [0.717, 1.165) is 5.52 Å². The number of hydrogen-bond acceptors (Lipinski definition) is 4. The summed E-state index contributed by atoms with van der Waals surface area (Å²) in [6.07, 6.45) is -4.24. The molecule has 1 aromatic carbocycles. The number of aryl methyl sites for hydroxylation is 1. The molecule has 2 aromatic rings. The molecule has 0 aliphatic carbocycles. The molecule has 0 saturated carbocycles. The molecule has 1 amide bonds. The number of aromatic nitrogens is 3. The maximum Gasteiger partial charge on any atom is 0.401 e. The van der Waals surface area contributed by atoms with Crippen molar-refractivity contribution in [2.45, 2.75) is 25.6 Å². The van der Waals surface area contributed by atoms with E-state index in [9.17, 15) is 18.0 Å². The Morgan fingerprint density at radius 2 is 2.00 bits per heavy atom. The van der Waals surface area contributed by atoms with Gasteiger partial charge in [-0.05, 0) is 32.0 Å². The van der Waals surface area contributed by atoms with Crippen molar-refractivity contribution >= 4 is 16.9 Å². The summed E-state index contributed by atoms with van der Waals surface area (Å²) in [7, 11) is 1.76. The molecule has 0 N–H and O–H groups in total. The molecule has 136 valence electrons. The molecule has 6 nitrogen and oxygen atoms in total. The van der Waals surface area contributed by atoms with Crippen LogP contribution < -0.4 is 0 Å². The predicted octanol–water partition coefficient (Wildman–Crippen LogP) is 2.07. The second-order valence-corrected chi connectivity index (χ2v) is 7.01. The normalized spacial score (nSPS) is 18.7. The molecule has 0 unspecified atom stereocenters. The standard InChI is InChI=1S/C16H20F3N5O/c1-15(2)9-23(10-16(17,18)19)6-7-24(15)14(25)11-4-5-13-12(8-11)20-21-22(13)3/h4-5,8H,6-7,9-10H2,1-3H3. The van der Waals surface area contributed by atoms with E-state index in [1.807, 2.05) is 0 Å². The minimum Gasteiger partial charge on any atom is -0.331 e. The third-order valence-electron chi connectivity index (χ3n) is 4.49. The van der Waals surface area contributed by atoms with Gasteiger partial charge in [-0.3, -0.25) is 9.69 Å². The molecule has 25 heavy (non-hydrogen) atoms. The van der Waals surface area contributed by atoms with Gasteiger partial charge in [-0.15, -0.1) is 5.10 Å². The number of hydrogen-bond donors (Lipinski definition) is 0. The fourth-order valence-corrected chi connectivity index (χ4v) is 3.35. The van der Waals surface area contributed by atoms with Gasteiger partial charge in [-0.25, -0.2) is 4.68 Å². The zero-order chi connectivity index (χ0) is 18.4. The lowest BCUT2D eigenvalue weighted by Crippen LogP contribution is -2.62. The SMILES string of the molecule is Cn1nnc2cc(C(=O)N3CCN(CC(F)(F)F)CC3(C)C)ccc21. The van der Waals surface area contributed by atoms with Crippen molar-refractivity contribution < 1.29 is 18.0 Å². The molecule has 0 atom stereocenters. The van der Waals surface area contributed by atoms with E-state index >= 15 is 0 Å². The van der Waals surface area contributed by atoms with Gasteiger partial charge in [0.05, 0.1) is 17.6 Å². The quantitative estimate of drug-likeness (QED) is 0.828. The molecule has 2 heterocycles. The molecule has 0 bridgehead atoms. The maximum atomic E-state index is 12.9. The largest absolute Gasteiger partial charge is 0.401 e. The first kappa shape index (κ1) is 17.7. The van der Waals surface area contributed by atoms with Crippen LogP contribution in [-0.2, 0) is 7.05 Å². The Hall–Kier alpha value is -2.16. The number of nitrogens with zero attached hydrogens (tertiary/aromatic N) is 5. The summed E-state index contributed by atoms with van der Waals surface area (Å²) in [5.41, 5.74) is 1.19. The lowest BCUT2D eigenvalue weighted by atomic mass is 9.97. The Balaban J connectivity index is 1.79. The van der Waals surface area contributed by atoms with Crippen LogP contribution in [0.1, 0.15) is 24.2 Å². The highest BCUT2D eigenvalue weighted by Gasteiger charge is 2.40. The molecule has 0 radical (unpaired) electrons. The number of rotatable bonds is 2. The summed E-state index contributed by atoms with van der Waals surface area (Å²) >= 11 is 0. The average molecular weight is 355 g/mol. The topological polar surface area (TPSA) is 54.3 Å². The van der Waals surface area contributed by atoms with Crippen molar-refractivity contribution in [3.63, 3.8) is 0 Å². The number of benzene rings is 1. The van der Waals surface area contributed by atoms with E-state index in [1.54, 1.807) is 48.7 Å². The van der Waals surface area contributed by atoms with Crippen LogP contribution in [0.3, 0.4) is 0 Å². The molecule has 9 heteroatoms. The molecule has 3 rings (SSSR count). The van der Waals surface area contributed by atoms with Crippen LogP contribution in [-0.4, -0.2) is 68.6 Å². The van der Waals surface area contributed by atoms with E-state index in [2.05, 4.69) is 10.3 Å². The van der Waals surface area contributed by atoms with Crippen LogP contribution in [0.25, 0.3) is 11.0 Å². The average Bonchev–Trinajstić information content (AvgIpc) is 2.85. The minimum absolute atomic E-state index is 0.172. The summed E-state index contributed by atoms with van der Waals surface area (Å²) in [5.74, 6) is -0.204. The first-order chi connectivity index (χ1) is 11.6. The fraction of sp³-hybridized carbons (Fsp3) is 0.562. The third-order valence-corrected chi connectivity index (χ3v) is 4.49. The Bertz CT molecular complexity index is 799.